The van der Waals surface area contributed by atoms with Crippen LogP contribution in [0, 0.1) is 5.92 Å². The number of carbonyl (C=O) groups is 5. The molecule has 2 bridgehead atoms. The van der Waals surface area contributed by atoms with Crippen LogP contribution >= 0.6 is 0 Å². The largest absolute Gasteiger partial charge is 0.497 e. The van der Waals surface area contributed by atoms with Crippen LogP contribution in [0.3, 0.4) is 0 Å². The summed E-state index contributed by atoms with van der Waals surface area (Å²) in [4.78, 5) is 73.3. The van der Waals surface area contributed by atoms with Gasteiger partial charge in [-0.3, -0.25) is 29.0 Å². The molecule has 1 unspecified atom stereocenters. The lowest BCUT2D eigenvalue weighted by atomic mass is 9.96. The van der Waals surface area contributed by atoms with Crippen LogP contribution in [-0.4, -0.2) is 77.7 Å². The highest BCUT2D eigenvalue weighted by atomic mass is 16.5. The summed E-state index contributed by atoms with van der Waals surface area (Å²) in [5, 5.41) is 11.4. The Hall–Kier alpha value is -5.26. The van der Waals surface area contributed by atoms with Crippen molar-refractivity contribution in [3.05, 3.63) is 95.3 Å². The first-order chi connectivity index (χ1) is 24.6. The van der Waals surface area contributed by atoms with Crippen molar-refractivity contribution in [3.63, 3.8) is 0 Å². The summed E-state index contributed by atoms with van der Waals surface area (Å²) < 4.78 is 5.25. The van der Waals surface area contributed by atoms with E-state index in [1.807, 2.05) is 38.1 Å². The number of rotatable bonds is 8. The van der Waals surface area contributed by atoms with E-state index in [4.69, 9.17) is 4.74 Å². The fourth-order valence-corrected chi connectivity index (χ4v) is 5.80. The molecule has 5 amide bonds. The highest BCUT2D eigenvalue weighted by Crippen LogP contribution is 2.16. The van der Waals surface area contributed by atoms with Crippen molar-refractivity contribution in [3.8, 4) is 5.75 Å². The molecule has 2 aromatic carbocycles. The maximum atomic E-state index is 13.8. The number of aromatic nitrogens is 1. The summed E-state index contributed by atoms with van der Waals surface area (Å²) in [6.45, 7) is 6.57. The van der Waals surface area contributed by atoms with E-state index in [9.17, 15) is 24.0 Å². The molecule has 12 heteroatoms. The number of hydrogen-bond donors (Lipinski definition) is 4. The average Bonchev–Trinajstić information content (AvgIpc) is 3.15. The molecule has 0 aliphatic carbocycles. The van der Waals surface area contributed by atoms with Gasteiger partial charge in [0, 0.05) is 50.4 Å². The molecule has 3 heterocycles. The molecule has 0 radical (unpaired) electrons. The number of benzene rings is 2. The molecule has 12 nitrogen and oxygen atoms in total. The Bertz CT molecular complexity index is 1620. The highest BCUT2D eigenvalue weighted by molar-refractivity contribution is 5.99. The van der Waals surface area contributed by atoms with Gasteiger partial charge in [0.15, 0.2) is 0 Å². The minimum absolute atomic E-state index is 0.00830. The first-order valence-corrected chi connectivity index (χ1v) is 17.7. The first kappa shape index (κ1) is 38.5. The monoisotopic (exact) mass is 698 g/mol. The van der Waals surface area contributed by atoms with Crippen molar-refractivity contribution in [2.75, 3.05) is 20.2 Å². The van der Waals surface area contributed by atoms with E-state index in [0.717, 1.165) is 16.7 Å². The van der Waals surface area contributed by atoms with E-state index in [2.05, 4.69) is 26.3 Å². The van der Waals surface area contributed by atoms with E-state index >= 15 is 0 Å². The van der Waals surface area contributed by atoms with Gasteiger partial charge in [-0.15, -0.1) is 0 Å². The van der Waals surface area contributed by atoms with Crippen LogP contribution in [0.15, 0.2) is 73.1 Å². The summed E-state index contributed by atoms with van der Waals surface area (Å²) in [6.07, 6.45) is 6.34. The molecule has 272 valence electrons. The normalized spacial score (nSPS) is 20.2. The molecule has 51 heavy (non-hydrogen) atoms. The Morgan fingerprint density at radius 1 is 0.922 bits per heavy atom. The summed E-state index contributed by atoms with van der Waals surface area (Å²) in [7, 11) is 1.56. The van der Waals surface area contributed by atoms with Gasteiger partial charge in [-0.05, 0) is 79.1 Å². The van der Waals surface area contributed by atoms with Crippen LogP contribution in [0.5, 0.6) is 5.75 Å². The van der Waals surface area contributed by atoms with Crippen LogP contribution in [0.25, 0.3) is 0 Å². The summed E-state index contributed by atoms with van der Waals surface area (Å²) >= 11 is 0. The van der Waals surface area contributed by atoms with E-state index < -0.39 is 35.8 Å². The Balaban J connectivity index is 1.56. The molecule has 2 aliphatic heterocycles. The molecular weight excluding hydrogens is 648 g/mol. The standard InChI is InChI=1S/C39H50N6O6/c1-5-26(2)35-39(50)43-33(23-28-12-17-32(51-4)18-13-28)38(49)42-27(3)36(47)41-21-6-7-22-45(34(46)19-14-29-9-8-20-40-24-29)25-30-10-15-31(16-11-30)37(48)44-35/h8-13,15-18,20,24,26-27,33,35H,5-7,14,19,21-23,25H2,1-4H3,(H,41,47)(H,42,49)(H,43,50)(H,44,48)/t26-,27+,33-,35?/m0/s1. The topological polar surface area (TPSA) is 159 Å². The molecule has 5 rings (SSSR count). The van der Waals surface area contributed by atoms with E-state index in [1.54, 1.807) is 67.7 Å². The number of nitrogens with one attached hydrogen (secondary N) is 4. The van der Waals surface area contributed by atoms with Gasteiger partial charge in [0.25, 0.3) is 5.91 Å². The van der Waals surface area contributed by atoms with Gasteiger partial charge in [0.1, 0.15) is 23.9 Å². The Labute approximate surface area is 300 Å². The molecule has 0 fully saturated rings. The molecule has 1 aromatic heterocycles. The number of carbonyl (C=O) groups excluding carboxylic acids is 5. The summed E-state index contributed by atoms with van der Waals surface area (Å²) in [5.74, 6) is -1.44. The third-order valence-electron chi connectivity index (χ3n) is 9.21. The molecule has 0 saturated carbocycles. The zero-order valence-electron chi connectivity index (χ0n) is 29.9. The van der Waals surface area contributed by atoms with Crippen LogP contribution in [0.2, 0.25) is 0 Å². The molecule has 2 aliphatic rings. The van der Waals surface area contributed by atoms with E-state index in [-0.39, 0.29) is 24.2 Å². The second-order valence-corrected chi connectivity index (χ2v) is 13.1. The SMILES string of the molecule is CC[C@H](C)C1NC(=O)c2ccc(cc2)CN(C(=O)CCc2cccnc2)CCCCNC(=O)[C@@H](C)NC(=O)[C@H](Cc2ccc(OC)cc2)NC1=O. The van der Waals surface area contributed by atoms with Gasteiger partial charge in [-0.2, -0.15) is 0 Å². The van der Waals surface area contributed by atoms with Crippen molar-refractivity contribution >= 4 is 29.5 Å². The van der Waals surface area contributed by atoms with Crippen LogP contribution < -0.4 is 26.0 Å². The van der Waals surface area contributed by atoms with Crippen molar-refractivity contribution < 1.29 is 28.7 Å². The second kappa shape index (κ2) is 19.2. The van der Waals surface area contributed by atoms with Crippen molar-refractivity contribution in [1.29, 1.82) is 0 Å². The third-order valence-corrected chi connectivity index (χ3v) is 9.21. The zero-order valence-corrected chi connectivity index (χ0v) is 29.9. The Morgan fingerprint density at radius 3 is 2.33 bits per heavy atom. The number of methoxy groups -OCH3 is 1. The van der Waals surface area contributed by atoms with Gasteiger partial charge >= 0.3 is 0 Å². The lowest BCUT2D eigenvalue weighted by molar-refractivity contribution is -0.132. The summed E-state index contributed by atoms with van der Waals surface area (Å²) in [6, 6.07) is 15.1. The van der Waals surface area contributed by atoms with Crippen LogP contribution in [0.4, 0.5) is 0 Å². The van der Waals surface area contributed by atoms with Crippen molar-refractivity contribution in [2.45, 2.75) is 84.0 Å². The number of fused-ring (bicyclic) bond motifs is 18. The fourth-order valence-electron chi connectivity index (χ4n) is 5.80. The fraction of sp³-hybridized carbons (Fsp3) is 0.436. The van der Waals surface area contributed by atoms with Gasteiger partial charge < -0.3 is 30.9 Å². The number of ether oxygens (including phenoxy) is 1. The number of nitrogens with zero attached hydrogens (tertiary/aromatic N) is 2. The zero-order chi connectivity index (χ0) is 36.8. The Kier molecular flexibility index (Phi) is 14.5. The molecule has 3 aromatic rings. The quantitative estimate of drug-likeness (QED) is 0.263. The van der Waals surface area contributed by atoms with E-state index in [1.165, 1.54) is 0 Å². The smallest absolute Gasteiger partial charge is 0.251 e. The third kappa shape index (κ3) is 11.7. The van der Waals surface area contributed by atoms with Crippen LogP contribution in [0.1, 0.15) is 73.5 Å². The molecular formula is C39H50N6O6. The van der Waals surface area contributed by atoms with Crippen molar-refractivity contribution in [1.82, 2.24) is 31.2 Å². The number of aryl methyl sites for hydroxylation is 1. The summed E-state index contributed by atoms with van der Waals surface area (Å²) in [5.41, 5.74) is 2.97. The highest BCUT2D eigenvalue weighted by Gasteiger charge is 2.31. The van der Waals surface area contributed by atoms with Gasteiger partial charge in [0.05, 0.1) is 7.11 Å². The maximum Gasteiger partial charge on any atom is 0.251 e. The number of amides is 5. The minimum atomic E-state index is -1.03. The molecule has 4 N–H and O–H groups in total. The molecule has 0 spiro atoms. The van der Waals surface area contributed by atoms with Gasteiger partial charge in [0.2, 0.25) is 23.6 Å². The molecule has 4 atom stereocenters. The first-order valence-electron chi connectivity index (χ1n) is 17.7. The Morgan fingerprint density at radius 2 is 1.67 bits per heavy atom. The van der Waals surface area contributed by atoms with Crippen molar-refractivity contribution in [2.24, 2.45) is 5.92 Å². The maximum absolute atomic E-state index is 13.8. The predicted molar refractivity (Wildman–Crippen MR) is 194 cm³/mol. The average molecular weight is 699 g/mol. The van der Waals surface area contributed by atoms with E-state index in [0.29, 0.717) is 63.1 Å². The second-order valence-electron chi connectivity index (χ2n) is 13.1. The predicted octanol–water partition coefficient (Wildman–Crippen LogP) is 3.34. The number of pyridine rings is 1. The molecule has 0 saturated heterocycles. The lowest BCUT2D eigenvalue weighted by Gasteiger charge is -2.27. The minimum Gasteiger partial charge on any atom is -0.497 e. The lowest BCUT2D eigenvalue weighted by Crippen LogP contribution is -2.58. The van der Waals surface area contributed by atoms with Gasteiger partial charge in [-0.25, -0.2) is 0 Å². The van der Waals surface area contributed by atoms with Gasteiger partial charge in [-0.1, -0.05) is 50.6 Å². The number of hydrogen-bond acceptors (Lipinski definition) is 7. The van der Waals surface area contributed by atoms with Crippen LogP contribution in [-0.2, 0) is 38.6 Å².